The van der Waals surface area contributed by atoms with Crippen LogP contribution in [0.1, 0.15) is 49.2 Å². The normalized spacial score (nSPS) is 22.9. The number of pyridine rings is 1. The Morgan fingerprint density at radius 1 is 1.19 bits per heavy atom. The maximum absolute atomic E-state index is 13.6. The van der Waals surface area contributed by atoms with E-state index in [0.717, 1.165) is 19.3 Å². The molecular formula is C27H33N3O6S. The molecule has 3 atom stereocenters. The smallest absolute Gasteiger partial charge is 0.259 e. The first-order valence-corrected chi connectivity index (χ1v) is 14.2. The standard InChI is InChI=1S/C27H33N3O6S/c1-18-11-19(2)15-30(14-18)37(33,34)22-7-8-25-23(12-22)26(31)24(13-28-25)27(32)29(16-20-5-3-9-35-20)17-21-6-4-10-36-21/h3,5,7-9,12-13,18-19,21H,4,6,10-11,14-17H2,1-2H3,(H,28,31)/t18-,19-,21-/m1/s1. The number of hydrogen-bond acceptors (Lipinski definition) is 6. The number of fused-ring (bicyclic) bond motifs is 1. The summed E-state index contributed by atoms with van der Waals surface area (Å²) in [5.74, 6) is 0.662. The minimum atomic E-state index is -3.78. The van der Waals surface area contributed by atoms with E-state index in [1.54, 1.807) is 29.4 Å². The first-order valence-electron chi connectivity index (χ1n) is 12.8. The third-order valence-electron chi connectivity index (χ3n) is 7.22. The molecule has 2 aliphatic heterocycles. The highest BCUT2D eigenvalue weighted by Gasteiger charge is 2.32. The van der Waals surface area contributed by atoms with Crippen LogP contribution in [0.15, 0.2) is 56.9 Å². The highest BCUT2D eigenvalue weighted by atomic mass is 32.2. The molecule has 0 unspecified atom stereocenters. The van der Waals surface area contributed by atoms with E-state index in [1.165, 1.54) is 22.6 Å². The summed E-state index contributed by atoms with van der Waals surface area (Å²) >= 11 is 0. The van der Waals surface area contributed by atoms with Crippen LogP contribution in [0.4, 0.5) is 0 Å². The number of carbonyl (C=O) groups is 1. The zero-order valence-electron chi connectivity index (χ0n) is 21.2. The van der Waals surface area contributed by atoms with Gasteiger partial charge in [0.1, 0.15) is 11.3 Å². The summed E-state index contributed by atoms with van der Waals surface area (Å²) in [4.78, 5) is 31.8. The summed E-state index contributed by atoms with van der Waals surface area (Å²) in [6.07, 6.45) is 5.58. The molecule has 0 aliphatic carbocycles. The van der Waals surface area contributed by atoms with Crippen molar-refractivity contribution in [3.05, 3.63) is 64.3 Å². The van der Waals surface area contributed by atoms with Crippen molar-refractivity contribution < 1.29 is 22.4 Å². The van der Waals surface area contributed by atoms with Crippen molar-refractivity contribution in [1.29, 1.82) is 0 Å². The number of aromatic nitrogens is 1. The molecule has 37 heavy (non-hydrogen) atoms. The van der Waals surface area contributed by atoms with E-state index in [-0.39, 0.29) is 40.3 Å². The fraction of sp³-hybridized carbons (Fsp3) is 0.481. The van der Waals surface area contributed by atoms with Gasteiger partial charge in [-0.2, -0.15) is 4.31 Å². The van der Waals surface area contributed by atoms with Crippen LogP contribution in [0.2, 0.25) is 0 Å². The average Bonchev–Trinajstić information content (AvgIpc) is 3.57. The Kier molecular flexibility index (Phi) is 7.24. The van der Waals surface area contributed by atoms with Gasteiger partial charge in [0.2, 0.25) is 15.5 Å². The molecule has 3 aromatic rings. The molecule has 10 heteroatoms. The number of ether oxygens (including phenoxy) is 1. The Bertz CT molecular complexity index is 1420. The van der Waals surface area contributed by atoms with Crippen molar-refractivity contribution in [2.24, 2.45) is 11.8 Å². The van der Waals surface area contributed by atoms with Crippen molar-refractivity contribution in [2.45, 2.75) is 50.7 Å². The van der Waals surface area contributed by atoms with Crippen molar-refractivity contribution >= 4 is 26.8 Å². The Hall–Kier alpha value is -2.95. The number of furan rings is 1. The second kappa shape index (κ2) is 10.4. The molecule has 0 radical (unpaired) electrons. The molecule has 198 valence electrons. The lowest BCUT2D eigenvalue weighted by Gasteiger charge is -2.34. The van der Waals surface area contributed by atoms with Crippen LogP contribution in [0.5, 0.6) is 0 Å². The van der Waals surface area contributed by atoms with E-state index in [4.69, 9.17) is 9.15 Å². The van der Waals surface area contributed by atoms with Crippen LogP contribution in [0.3, 0.4) is 0 Å². The van der Waals surface area contributed by atoms with Gasteiger partial charge < -0.3 is 19.0 Å². The highest BCUT2D eigenvalue weighted by Crippen LogP contribution is 2.28. The van der Waals surface area contributed by atoms with Gasteiger partial charge in [-0.3, -0.25) is 9.59 Å². The number of nitrogens with one attached hydrogen (secondary N) is 1. The lowest BCUT2D eigenvalue weighted by molar-refractivity contribution is 0.0490. The molecule has 0 saturated carbocycles. The van der Waals surface area contributed by atoms with Crippen molar-refractivity contribution in [3.63, 3.8) is 0 Å². The topological polar surface area (TPSA) is 113 Å². The minimum Gasteiger partial charge on any atom is -0.467 e. The lowest BCUT2D eigenvalue weighted by Crippen LogP contribution is -2.42. The summed E-state index contributed by atoms with van der Waals surface area (Å²) < 4.78 is 39.6. The Morgan fingerprint density at radius 2 is 1.97 bits per heavy atom. The van der Waals surface area contributed by atoms with Gasteiger partial charge in [-0.15, -0.1) is 0 Å². The predicted octanol–water partition coefficient (Wildman–Crippen LogP) is 3.61. The van der Waals surface area contributed by atoms with E-state index in [2.05, 4.69) is 4.98 Å². The number of sulfonamides is 1. The molecule has 2 saturated heterocycles. The number of carbonyl (C=O) groups excluding carboxylic acids is 1. The zero-order valence-corrected chi connectivity index (χ0v) is 22.0. The highest BCUT2D eigenvalue weighted by molar-refractivity contribution is 7.89. The summed E-state index contributed by atoms with van der Waals surface area (Å²) in [5.41, 5.74) is -0.0858. The lowest BCUT2D eigenvalue weighted by atomic mass is 9.94. The van der Waals surface area contributed by atoms with Gasteiger partial charge in [0.05, 0.1) is 23.8 Å². The fourth-order valence-electron chi connectivity index (χ4n) is 5.48. The number of hydrogen-bond donors (Lipinski definition) is 1. The number of aromatic amines is 1. The first-order chi connectivity index (χ1) is 17.7. The van der Waals surface area contributed by atoms with E-state index in [1.807, 2.05) is 13.8 Å². The summed E-state index contributed by atoms with van der Waals surface area (Å²) in [7, 11) is -3.78. The Balaban J connectivity index is 1.48. The Morgan fingerprint density at radius 3 is 2.65 bits per heavy atom. The monoisotopic (exact) mass is 527 g/mol. The third-order valence-corrected chi connectivity index (χ3v) is 9.05. The van der Waals surface area contributed by atoms with Gasteiger partial charge in [-0.05, 0) is 61.4 Å². The van der Waals surface area contributed by atoms with Gasteiger partial charge >= 0.3 is 0 Å². The minimum absolute atomic E-state index is 0.0492. The van der Waals surface area contributed by atoms with Crippen LogP contribution in [-0.2, 0) is 21.3 Å². The zero-order chi connectivity index (χ0) is 26.2. The van der Waals surface area contributed by atoms with Gasteiger partial charge in [-0.25, -0.2) is 8.42 Å². The number of amides is 1. The van der Waals surface area contributed by atoms with Crippen molar-refractivity contribution in [3.8, 4) is 0 Å². The summed E-state index contributed by atoms with van der Waals surface area (Å²) in [5, 5.41) is 0.167. The second-order valence-electron chi connectivity index (χ2n) is 10.4. The van der Waals surface area contributed by atoms with E-state index >= 15 is 0 Å². The van der Waals surface area contributed by atoms with Crippen LogP contribution in [-0.4, -0.2) is 60.9 Å². The van der Waals surface area contributed by atoms with E-state index < -0.39 is 21.4 Å². The number of nitrogens with zero attached hydrogens (tertiary/aromatic N) is 2. The van der Waals surface area contributed by atoms with Gasteiger partial charge in [0.25, 0.3) is 5.91 Å². The molecule has 2 aromatic heterocycles. The molecule has 0 bridgehead atoms. The molecule has 2 fully saturated rings. The molecule has 5 rings (SSSR count). The van der Waals surface area contributed by atoms with Gasteiger partial charge in [0, 0.05) is 43.3 Å². The molecule has 1 N–H and O–H groups in total. The number of rotatable bonds is 7. The second-order valence-corrected chi connectivity index (χ2v) is 12.3. The van der Waals surface area contributed by atoms with Crippen LogP contribution in [0.25, 0.3) is 10.9 Å². The van der Waals surface area contributed by atoms with E-state index in [9.17, 15) is 18.0 Å². The largest absolute Gasteiger partial charge is 0.467 e. The fourth-order valence-corrected chi connectivity index (χ4v) is 7.19. The first kappa shape index (κ1) is 25.7. The summed E-state index contributed by atoms with van der Waals surface area (Å²) in [6.45, 7) is 6.17. The maximum Gasteiger partial charge on any atom is 0.259 e. The SMILES string of the molecule is C[C@@H]1C[C@@H](C)CN(S(=O)(=O)c2ccc3[nH]cc(C(=O)N(Cc4ccco4)C[C@H]4CCCO4)c(=O)c3c2)C1. The van der Waals surface area contributed by atoms with Crippen molar-refractivity contribution in [1.82, 2.24) is 14.2 Å². The Labute approximate surface area is 216 Å². The van der Waals surface area contributed by atoms with Gasteiger partial charge in [0.15, 0.2) is 0 Å². The molecule has 1 amide bonds. The quantitative estimate of drug-likeness (QED) is 0.502. The summed E-state index contributed by atoms with van der Waals surface area (Å²) in [6, 6.07) is 8.01. The predicted molar refractivity (Wildman–Crippen MR) is 139 cm³/mol. The number of piperidine rings is 1. The maximum atomic E-state index is 13.6. The molecular weight excluding hydrogens is 494 g/mol. The molecule has 0 spiro atoms. The van der Waals surface area contributed by atoms with Crippen LogP contribution < -0.4 is 5.43 Å². The van der Waals surface area contributed by atoms with Crippen LogP contribution in [0, 0.1) is 11.8 Å². The molecule has 4 heterocycles. The average molecular weight is 528 g/mol. The molecule has 2 aliphatic rings. The van der Waals surface area contributed by atoms with Gasteiger partial charge in [-0.1, -0.05) is 13.8 Å². The third kappa shape index (κ3) is 5.37. The molecule has 1 aromatic carbocycles. The van der Waals surface area contributed by atoms with E-state index in [0.29, 0.717) is 37.5 Å². The number of H-pyrrole nitrogens is 1. The van der Waals surface area contributed by atoms with Crippen molar-refractivity contribution in [2.75, 3.05) is 26.2 Å². The molecule has 9 nitrogen and oxygen atoms in total. The van der Waals surface area contributed by atoms with Crippen LogP contribution >= 0.6 is 0 Å². The number of benzene rings is 1.